The Morgan fingerprint density at radius 2 is 1.41 bits per heavy atom. The molecule has 0 fully saturated rings. The van der Waals surface area contributed by atoms with Gasteiger partial charge in [-0.05, 0) is 32.1 Å². The quantitative estimate of drug-likeness (QED) is 0.170. The molecule has 0 aromatic carbocycles. The lowest BCUT2D eigenvalue weighted by atomic mass is 10.0. The van der Waals surface area contributed by atoms with Gasteiger partial charge in [0.15, 0.2) is 0 Å². The van der Waals surface area contributed by atoms with Crippen molar-refractivity contribution in [3.63, 3.8) is 0 Å². The van der Waals surface area contributed by atoms with E-state index in [9.17, 15) is 4.79 Å². The first-order valence-corrected chi connectivity index (χ1v) is 12.1. The monoisotopic (exact) mass is 412 g/mol. The Hall–Kier alpha value is -0.910. The Balaban J connectivity index is 3.43. The van der Waals surface area contributed by atoms with E-state index in [1.54, 1.807) is 4.90 Å². The van der Waals surface area contributed by atoms with Gasteiger partial charge in [-0.3, -0.25) is 9.69 Å². The molecule has 0 bridgehead atoms. The van der Waals surface area contributed by atoms with Crippen LogP contribution in [0.5, 0.6) is 0 Å². The van der Waals surface area contributed by atoms with E-state index in [4.69, 9.17) is 15.9 Å². The molecular weight excluding hydrogens is 364 g/mol. The summed E-state index contributed by atoms with van der Waals surface area (Å²) in [5.74, 6) is -0.872. The van der Waals surface area contributed by atoms with Crippen molar-refractivity contribution in [3.8, 4) is 0 Å². The molecule has 1 atom stereocenters. The number of aliphatic hydroxyl groups is 1. The van der Waals surface area contributed by atoms with E-state index >= 15 is 0 Å². The van der Waals surface area contributed by atoms with Gasteiger partial charge >= 0.3 is 5.97 Å². The molecule has 0 aromatic rings. The number of carboxylic acids is 1. The summed E-state index contributed by atoms with van der Waals surface area (Å²) in [6, 6.07) is -0.0160. The Morgan fingerprint density at radius 3 is 1.93 bits per heavy atom. The van der Waals surface area contributed by atoms with E-state index in [2.05, 4.69) is 19.1 Å². The topological polar surface area (TPSA) is 86.8 Å². The minimum absolute atomic E-state index is 0.0160. The van der Waals surface area contributed by atoms with Crippen molar-refractivity contribution in [1.82, 2.24) is 4.90 Å². The third-order valence-corrected chi connectivity index (χ3v) is 5.35. The van der Waals surface area contributed by atoms with Crippen molar-refractivity contribution in [2.24, 2.45) is 5.73 Å². The SMILES string of the molecule is CCCCCCCCC=CCCCCCCCCC(N)CN(CCO)CC(=O)O. The molecule has 0 aliphatic carbocycles. The normalized spacial score (nSPS) is 12.8. The maximum atomic E-state index is 10.8. The van der Waals surface area contributed by atoms with Crippen LogP contribution in [-0.2, 0) is 4.79 Å². The molecule has 0 amide bonds. The van der Waals surface area contributed by atoms with E-state index in [0.29, 0.717) is 13.1 Å². The van der Waals surface area contributed by atoms with Crippen LogP contribution in [0.1, 0.15) is 103 Å². The highest BCUT2D eigenvalue weighted by Gasteiger charge is 2.13. The smallest absolute Gasteiger partial charge is 0.317 e. The average Bonchev–Trinajstić information content (AvgIpc) is 2.67. The third-order valence-electron chi connectivity index (χ3n) is 5.35. The van der Waals surface area contributed by atoms with Crippen LogP contribution in [0.2, 0.25) is 0 Å². The Labute approximate surface area is 179 Å². The zero-order valence-electron chi connectivity index (χ0n) is 19.0. The lowest BCUT2D eigenvalue weighted by Crippen LogP contribution is -2.41. The molecule has 0 aliphatic heterocycles. The first-order chi connectivity index (χ1) is 14.1. The zero-order chi connectivity index (χ0) is 21.6. The van der Waals surface area contributed by atoms with Crippen LogP contribution in [-0.4, -0.2) is 53.4 Å². The number of hydrogen-bond donors (Lipinski definition) is 3. The van der Waals surface area contributed by atoms with Crippen LogP contribution < -0.4 is 5.73 Å². The Morgan fingerprint density at radius 1 is 0.897 bits per heavy atom. The summed E-state index contributed by atoms with van der Waals surface area (Å²) in [5.41, 5.74) is 6.12. The number of hydrogen-bond acceptors (Lipinski definition) is 4. The molecule has 5 nitrogen and oxygen atoms in total. The molecule has 1 unspecified atom stereocenters. The lowest BCUT2D eigenvalue weighted by molar-refractivity contribution is -0.138. The van der Waals surface area contributed by atoms with Crippen LogP contribution >= 0.6 is 0 Å². The number of rotatable bonds is 22. The first kappa shape index (κ1) is 28.1. The van der Waals surface area contributed by atoms with Crippen molar-refractivity contribution in [3.05, 3.63) is 12.2 Å². The van der Waals surface area contributed by atoms with Crippen molar-refractivity contribution >= 4 is 5.97 Å². The second-order valence-electron chi connectivity index (χ2n) is 8.34. The van der Waals surface area contributed by atoms with Gasteiger partial charge < -0.3 is 15.9 Å². The summed E-state index contributed by atoms with van der Waals surface area (Å²) in [5, 5.41) is 17.9. The molecule has 0 heterocycles. The maximum Gasteiger partial charge on any atom is 0.317 e. The molecule has 29 heavy (non-hydrogen) atoms. The van der Waals surface area contributed by atoms with Crippen LogP contribution in [0.15, 0.2) is 12.2 Å². The summed E-state index contributed by atoms with van der Waals surface area (Å²) < 4.78 is 0. The van der Waals surface area contributed by atoms with Gasteiger partial charge in [-0.25, -0.2) is 0 Å². The van der Waals surface area contributed by atoms with Gasteiger partial charge in [0.2, 0.25) is 0 Å². The zero-order valence-corrected chi connectivity index (χ0v) is 19.0. The maximum absolute atomic E-state index is 10.8. The van der Waals surface area contributed by atoms with Crippen LogP contribution in [0.25, 0.3) is 0 Å². The fourth-order valence-electron chi connectivity index (χ4n) is 3.64. The lowest BCUT2D eigenvalue weighted by Gasteiger charge is -2.23. The second kappa shape index (κ2) is 21.8. The number of carboxylic acid groups (broad SMARTS) is 1. The van der Waals surface area contributed by atoms with E-state index in [1.807, 2.05) is 0 Å². The van der Waals surface area contributed by atoms with E-state index in [-0.39, 0.29) is 19.2 Å². The molecule has 0 aromatic heterocycles. The standard InChI is InChI=1S/C24H48N2O3/c1-2-3-4-5-6-7-8-9-10-11-12-13-14-15-16-17-18-23(25)21-26(19-20-27)22-24(28)29/h9-10,23,27H,2-8,11-22,25H2,1H3,(H,28,29). The van der Waals surface area contributed by atoms with Gasteiger partial charge in [0.05, 0.1) is 13.2 Å². The number of allylic oxidation sites excluding steroid dienone is 2. The molecular formula is C24H48N2O3. The van der Waals surface area contributed by atoms with Gasteiger partial charge in [0, 0.05) is 19.1 Å². The fraction of sp³-hybridized carbons (Fsp3) is 0.875. The van der Waals surface area contributed by atoms with E-state index in [0.717, 1.165) is 12.8 Å². The molecule has 0 saturated heterocycles. The summed E-state index contributed by atoms with van der Waals surface area (Å²) in [6.45, 7) is 3.08. The number of nitrogens with zero attached hydrogens (tertiary/aromatic N) is 1. The number of aliphatic hydroxyl groups excluding tert-OH is 1. The average molecular weight is 413 g/mol. The van der Waals surface area contributed by atoms with Crippen LogP contribution in [0, 0.1) is 0 Å². The van der Waals surface area contributed by atoms with Gasteiger partial charge in [-0.15, -0.1) is 0 Å². The highest BCUT2D eigenvalue weighted by Crippen LogP contribution is 2.11. The summed E-state index contributed by atoms with van der Waals surface area (Å²) in [4.78, 5) is 12.5. The first-order valence-electron chi connectivity index (χ1n) is 12.1. The molecule has 0 rings (SSSR count). The third kappa shape index (κ3) is 21.6. The molecule has 5 heteroatoms. The van der Waals surface area contributed by atoms with Gasteiger partial charge in [-0.1, -0.05) is 83.3 Å². The van der Waals surface area contributed by atoms with Crippen LogP contribution in [0.3, 0.4) is 0 Å². The van der Waals surface area contributed by atoms with Crippen molar-refractivity contribution in [2.45, 2.75) is 109 Å². The van der Waals surface area contributed by atoms with Crippen molar-refractivity contribution < 1.29 is 15.0 Å². The Bertz CT molecular complexity index is 388. The van der Waals surface area contributed by atoms with Gasteiger partial charge in [0.25, 0.3) is 0 Å². The molecule has 0 saturated carbocycles. The highest BCUT2D eigenvalue weighted by atomic mass is 16.4. The second-order valence-corrected chi connectivity index (χ2v) is 8.34. The fourth-order valence-corrected chi connectivity index (χ4v) is 3.64. The molecule has 0 spiro atoms. The number of aliphatic carboxylic acids is 1. The number of carbonyl (C=O) groups is 1. The highest BCUT2D eigenvalue weighted by molar-refractivity contribution is 5.69. The van der Waals surface area contributed by atoms with Crippen LogP contribution in [0.4, 0.5) is 0 Å². The summed E-state index contributed by atoms with van der Waals surface area (Å²) in [7, 11) is 0. The molecule has 172 valence electrons. The van der Waals surface area contributed by atoms with Crippen molar-refractivity contribution in [2.75, 3.05) is 26.2 Å². The van der Waals surface area contributed by atoms with Gasteiger partial charge in [0.1, 0.15) is 0 Å². The summed E-state index contributed by atoms with van der Waals surface area (Å²) >= 11 is 0. The molecule has 0 aliphatic rings. The van der Waals surface area contributed by atoms with Crippen molar-refractivity contribution in [1.29, 1.82) is 0 Å². The minimum Gasteiger partial charge on any atom is -0.480 e. The van der Waals surface area contributed by atoms with Gasteiger partial charge in [-0.2, -0.15) is 0 Å². The summed E-state index contributed by atoms with van der Waals surface area (Å²) in [6.07, 6.45) is 23.8. The van der Waals surface area contributed by atoms with E-state index in [1.165, 1.54) is 83.5 Å². The minimum atomic E-state index is -0.872. The predicted molar refractivity (Wildman–Crippen MR) is 123 cm³/mol. The van der Waals surface area contributed by atoms with E-state index < -0.39 is 5.97 Å². The molecule has 0 radical (unpaired) electrons. The largest absolute Gasteiger partial charge is 0.480 e. The number of unbranched alkanes of at least 4 members (excludes halogenated alkanes) is 12. The predicted octanol–water partition coefficient (Wildman–Crippen LogP) is 5.12. The molecule has 4 N–H and O–H groups in total. The Kier molecular flexibility index (Phi) is 21.1. The number of nitrogens with two attached hydrogens (primary N) is 1.